The van der Waals surface area contributed by atoms with Crippen LogP contribution in [-0.4, -0.2) is 27.4 Å². The topological polar surface area (TPSA) is 83.7 Å². The lowest BCUT2D eigenvalue weighted by Crippen LogP contribution is -2.58. The number of aryl methyl sites for hydroxylation is 1. The first kappa shape index (κ1) is 22.4. The average molecular weight is 470 g/mol. The van der Waals surface area contributed by atoms with E-state index in [1.54, 1.807) is 24.4 Å². The Morgan fingerprint density at radius 1 is 1.26 bits per heavy atom. The van der Waals surface area contributed by atoms with Crippen molar-refractivity contribution in [2.75, 3.05) is 0 Å². The summed E-state index contributed by atoms with van der Waals surface area (Å²) in [6.07, 6.45) is -0.895. The number of hydrogen-bond donors (Lipinski definition) is 2. The molecule has 4 heterocycles. The Morgan fingerprint density at radius 3 is 2.74 bits per heavy atom. The number of carbonyl (C=O) groups excluding carboxylic acids is 1. The van der Waals surface area contributed by atoms with E-state index in [-0.39, 0.29) is 11.5 Å². The number of nitrogens with zero attached hydrogens (tertiary/aromatic N) is 4. The van der Waals surface area contributed by atoms with E-state index in [1.165, 1.54) is 13.2 Å². The molecule has 2 N–H and O–H groups in total. The number of nitrogens with one attached hydrogen (secondary N) is 2. The molecule has 0 fully saturated rings. The maximum absolute atomic E-state index is 13.7. The van der Waals surface area contributed by atoms with E-state index < -0.39 is 29.0 Å². The quantitative estimate of drug-likeness (QED) is 0.689. The number of carbonyl (C=O) groups is 1. The fourth-order valence-electron chi connectivity index (χ4n) is 5.47. The number of benzene rings is 1. The van der Waals surface area contributed by atoms with Crippen LogP contribution in [0.25, 0.3) is 11.1 Å². The molecule has 2 atom stereocenters. The number of amides is 1. The number of aromatic nitrogens is 2. The summed E-state index contributed by atoms with van der Waals surface area (Å²) in [5.41, 5.74) is 0.997. The lowest BCUT2D eigenvalue weighted by atomic mass is 9.62. The third-order valence-electron chi connectivity index (χ3n) is 6.80. The number of azo groups is 1. The van der Waals surface area contributed by atoms with Gasteiger partial charge in [-0.15, -0.1) is 0 Å². The minimum Gasteiger partial charge on any atom is -0.362 e. The van der Waals surface area contributed by atoms with E-state index in [0.29, 0.717) is 24.0 Å². The molecule has 0 aliphatic carbocycles. The van der Waals surface area contributed by atoms with Crippen LogP contribution < -0.4 is 10.6 Å². The third kappa shape index (κ3) is 3.26. The van der Waals surface area contributed by atoms with E-state index in [1.807, 2.05) is 26.8 Å². The van der Waals surface area contributed by atoms with Gasteiger partial charge >= 0.3 is 6.18 Å². The summed E-state index contributed by atoms with van der Waals surface area (Å²) < 4.78 is 42.2. The van der Waals surface area contributed by atoms with E-state index in [9.17, 15) is 18.0 Å². The molecule has 10 heteroatoms. The molecule has 0 saturated carbocycles. The van der Waals surface area contributed by atoms with Gasteiger partial charge in [0.2, 0.25) is 0 Å². The predicted molar refractivity (Wildman–Crippen MR) is 119 cm³/mol. The van der Waals surface area contributed by atoms with Gasteiger partial charge in [0.1, 0.15) is 0 Å². The van der Waals surface area contributed by atoms with Gasteiger partial charge in [-0.2, -0.15) is 28.5 Å². The van der Waals surface area contributed by atoms with Gasteiger partial charge in [-0.05, 0) is 37.5 Å². The highest BCUT2D eigenvalue weighted by Gasteiger charge is 2.53. The Morgan fingerprint density at radius 2 is 2.03 bits per heavy atom. The molecule has 0 saturated heterocycles. The van der Waals surface area contributed by atoms with Crippen LogP contribution in [0.4, 0.5) is 13.2 Å². The van der Waals surface area contributed by atoms with Crippen molar-refractivity contribution in [3.05, 3.63) is 64.8 Å². The fraction of sp³-hybridized carbons (Fsp3) is 0.417. The Kier molecular flexibility index (Phi) is 4.79. The number of hydrogen-bond acceptors (Lipinski definition) is 5. The molecule has 34 heavy (non-hydrogen) atoms. The minimum atomic E-state index is -4.59. The summed E-state index contributed by atoms with van der Waals surface area (Å²) in [6, 6.07) is 6.94. The standard InChI is InChI=1S/C24H25F3N6O/c1-5-23(14-8-6-7-13(9-14)15-12-33(4)32-19(15)24(25,26)27)16-11-28-31-20(16)29-17-10-22(2,3)30-21(34)18(17)23/h6-9,11-12,20,29H,5,10H2,1-4H3,(H,30,34)/t20?,23-/m1/s1. The summed E-state index contributed by atoms with van der Waals surface area (Å²) in [4.78, 5) is 13.5. The van der Waals surface area contributed by atoms with Gasteiger partial charge in [-0.25, -0.2) is 0 Å². The van der Waals surface area contributed by atoms with Gasteiger partial charge < -0.3 is 10.6 Å². The smallest absolute Gasteiger partial charge is 0.362 e. The molecule has 1 unspecified atom stereocenters. The van der Waals surface area contributed by atoms with Crippen LogP contribution in [0.15, 0.2) is 63.7 Å². The van der Waals surface area contributed by atoms with Gasteiger partial charge in [0.25, 0.3) is 5.91 Å². The van der Waals surface area contributed by atoms with E-state index >= 15 is 0 Å². The van der Waals surface area contributed by atoms with Crippen LogP contribution in [-0.2, 0) is 23.4 Å². The zero-order chi connectivity index (χ0) is 24.5. The molecule has 5 rings (SSSR count). The highest BCUT2D eigenvalue weighted by molar-refractivity contribution is 6.00. The molecule has 178 valence electrons. The first-order valence-corrected chi connectivity index (χ1v) is 11.1. The van der Waals surface area contributed by atoms with Crippen LogP contribution in [0.2, 0.25) is 0 Å². The first-order chi connectivity index (χ1) is 16.0. The number of rotatable bonds is 3. The van der Waals surface area contributed by atoms with Crippen LogP contribution >= 0.6 is 0 Å². The normalized spacial score (nSPS) is 25.4. The molecule has 1 aromatic heterocycles. The number of halogens is 3. The van der Waals surface area contributed by atoms with Crippen molar-refractivity contribution < 1.29 is 18.0 Å². The zero-order valence-corrected chi connectivity index (χ0v) is 19.3. The van der Waals surface area contributed by atoms with Crippen LogP contribution in [0.1, 0.15) is 44.9 Å². The van der Waals surface area contributed by atoms with Gasteiger partial charge in [0, 0.05) is 42.0 Å². The molecule has 1 amide bonds. The highest BCUT2D eigenvalue weighted by atomic mass is 19.4. The molecule has 3 aliphatic heterocycles. The van der Waals surface area contributed by atoms with E-state index in [0.717, 1.165) is 21.5 Å². The fourth-order valence-corrected chi connectivity index (χ4v) is 5.47. The SMILES string of the molecule is CC[C@@]1(c2cccc(-c3cn(C)nc3C(F)(F)F)c2)C2=CN=NC2NC2=C1C(=O)NC(C)(C)C2. The molecular formula is C24H25F3N6O. The van der Waals surface area contributed by atoms with Crippen LogP contribution in [0, 0.1) is 0 Å². The van der Waals surface area contributed by atoms with Crippen molar-refractivity contribution in [1.29, 1.82) is 0 Å². The molecule has 0 spiro atoms. The molecule has 2 aromatic rings. The zero-order valence-electron chi connectivity index (χ0n) is 19.3. The van der Waals surface area contributed by atoms with Crippen LogP contribution in [0.3, 0.4) is 0 Å². The summed E-state index contributed by atoms with van der Waals surface area (Å²) in [7, 11) is 1.46. The van der Waals surface area contributed by atoms with Gasteiger partial charge in [-0.3, -0.25) is 9.48 Å². The van der Waals surface area contributed by atoms with Crippen molar-refractivity contribution >= 4 is 5.91 Å². The second-order valence-corrected chi connectivity index (χ2v) is 9.63. The summed E-state index contributed by atoms with van der Waals surface area (Å²) >= 11 is 0. The summed E-state index contributed by atoms with van der Waals surface area (Å²) in [6.45, 7) is 5.87. The molecular weight excluding hydrogens is 445 g/mol. The Labute approximate surface area is 194 Å². The third-order valence-corrected chi connectivity index (χ3v) is 6.80. The van der Waals surface area contributed by atoms with Gasteiger partial charge in [0.05, 0.1) is 17.2 Å². The maximum atomic E-state index is 13.7. The second-order valence-electron chi connectivity index (χ2n) is 9.63. The molecule has 0 radical (unpaired) electrons. The van der Waals surface area contributed by atoms with Gasteiger partial charge in [0.15, 0.2) is 11.9 Å². The number of fused-ring (bicyclic) bond motifs is 1. The first-order valence-electron chi connectivity index (χ1n) is 11.1. The second kappa shape index (κ2) is 7.28. The largest absolute Gasteiger partial charge is 0.435 e. The van der Waals surface area contributed by atoms with Crippen molar-refractivity contribution in [2.24, 2.45) is 17.3 Å². The van der Waals surface area contributed by atoms with Crippen LogP contribution in [0.5, 0.6) is 0 Å². The average Bonchev–Trinajstić information content (AvgIpc) is 3.38. The Balaban J connectivity index is 1.73. The minimum absolute atomic E-state index is 0.00760. The lowest BCUT2D eigenvalue weighted by Gasteiger charge is -2.48. The number of alkyl halides is 3. The predicted octanol–water partition coefficient (Wildman–Crippen LogP) is 4.59. The maximum Gasteiger partial charge on any atom is 0.435 e. The van der Waals surface area contributed by atoms with Crippen molar-refractivity contribution in [2.45, 2.75) is 56.9 Å². The Bertz CT molecular complexity index is 1290. The van der Waals surface area contributed by atoms with E-state index in [4.69, 9.17) is 0 Å². The monoisotopic (exact) mass is 470 g/mol. The Hall–Kier alpha value is -3.43. The van der Waals surface area contributed by atoms with Gasteiger partial charge in [-0.1, -0.05) is 25.1 Å². The molecule has 3 aliphatic rings. The highest BCUT2D eigenvalue weighted by Crippen LogP contribution is 2.51. The van der Waals surface area contributed by atoms with Crippen molar-refractivity contribution in [3.63, 3.8) is 0 Å². The summed E-state index contributed by atoms with van der Waals surface area (Å²) in [5.74, 6) is -0.199. The molecule has 0 bridgehead atoms. The molecule has 7 nitrogen and oxygen atoms in total. The lowest BCUT2D eigenvalue weighted by molar-refractivity contribution is -0.141. The summed E-state index contributed by atoms with van der Waals surface area (Å²) in [5, 5.41) is 18.5. The van der Waals surface area contributed by atoms with Crippen molar-refractivity contribution in [3.8, 4) is 11.1 Å². The van der Waals surface area contributed by atoms with Crippen molar-refractivity contribution in [1.82, 2.24) is 20.4 Å². The molecule has 1 aromatic carbocycles. The van der Waals surface area contributed by atoms with E-state index in [2.05, 4.69) is 26.0 Å².